The van der Waals surface area contributed by atoms with Gasteiger partial charge in [-0.2, -0.15) is 0 Å². The monoisotopic (exact) mass is 290 g/mol. The summed E-state index contributed by atoms with van der Waals surface area (Å²) < 4.78 is 5.30. The summed E-state index contributed by atoms with van der Waals surface area (Å²) in [5.74, 6) is 0.231. The van der Waals surface area contributed by atoms with Crippen LogP contribution in [0.15, 0.2) is 18.2 Å². The lowest BCUT2D eigenvalue weighted by molar-refractivity contribution is -0.132. The van der Waals surface area contributed by atoms with Crippen molar-refractivity contribution < 1.29 is 19.4 Å². The molecule has 6 heteroatoms. The molecule has 21 heavy (non-hydrogen) atoms. The highest BCUT2D eigenvalue weighted by atomic mass is 16.5. The molecule has 6 nitrogen and oxygen atoms in total. The number of hydrogen-bond donors (Lipinski definition) is 1. The van der Waals surface area contributed by atoms with E-state index in [0.717, 1.165) is 32.4 Å². The van der Waals surface area contributed by atoms with Gasteiger partial charge in [0.1, 0.15) is 18.0 Å². The topological polar surface area (TPSA) is 70.1 Å². The predicted octanol–water partition coefficient (Wildman–Crippen LogP) is 1.13. The van der Waals surface area contributed by atoms with Crippen LogP contribution in [0.2, 0.25) is 0 Å². The summed E-state index contributed by atoms with van der Waals surface area (Å²) in [4.78, 5) is 27.6. The maximum atomic E-state index is 12.3. The van der Waals surface area contributed by atoms with Crippen molar-refractivity contribution in [2.75, 3.05) is 31.1 Å². The van der Waals surface area contributed by atoms with Crippen molar-refractivity contribution >= 4 is 17.5 Å². The summed E-state index contributed by atoms with van der Waals surface area (Å²) in [7, 11) is 0. The fourth-order valence-corrected chi connectivity index (χ4v) is 2.75. The molecule has 0 aliphatic carbocycles. The van der Waals surface area contributed by atoms with Gasteiger partial charge in [0.05, 0.1) is 5.69 Å². The first-order valence-electron chi connectivity index (χ1n) is 7.19. The van der Waals surface area contributed by atoms with E-state index in [4.69, 9.17) is 4.74 Å². The molecule has 1 saturated heterocycles. The van der Waals surface area contributed by atoms with Crippen molar-refractivity contribution in [3.05, 3.63) is 18.2 Å². The molecule has 2 aliphatic rings. The Hall–Kier alpha value is -2.24. The summed E-state index contributed by atoms with van der Waals surface area (Å²) in [5, 5.41) is 9.47. The molecule has 3 rings (SSSR count). The van der Waals surface area contributed by atoms with Crippen LogP contribution < -0.4 is 9.64 Å². The SMILES string of the molecule is O=C(CN1C(=O)COc2cc(O)ccc21)N1CCCCC1. The zero-order valence-electron chi connectivity index (χ0n) is 11.7. The fourth-order valence-electron chi connectivity index (χ4n) is 2.75. The van der Waals surface area contributed by atoms with Crippen molar-refractivity contribution in [3.8, 4) is 11.5 Å². The minimum Gasteiger partial charge on any atom is -0.508 e. The molecule has 112 valence electrons. The van der Waals surface area contributed by atoms with E-state index in [1.165, 1.54) is 17.0 Å². The number of anilines is 1. The second-order valence-electron chi connectivity index (χ2n) is 5.36. The van der Waals surface area contributed by atoms with E-state index in [2.05, 4.69) is 0 Å². The van der Waals surface area contributed by atoms with Crippen LogP contribution >= 0.6 is 0 Å². The third kappa shape index (κ3) is 2.79. The van der Waals surface area contributed by atoms with Crippen molar-refractivity contribution in [1.82, 2.24) is 4.90 Å². The maximum Gasteiger partial charge on any atom is 0.265 e. The van der Waals surface area contributed by atoms with Gasteiger partial charge in [-0.3, -0.25) is 14.5 Å². The van der Waals surface area contributed by atoms with Gasteiger partial charge in [-0.25, -0.2) is 0 Å². The van der Waals surface area contributed by atoms with Gasteiger partial charge < -0.3 is 14.7 Å². The number of carbonyl (C=O) groups excluding carboxylic acids is 2. The summed E-state index contributed by atoms with van der Waals surface area (Å²) in [5.41, 5.74) is 0.536. The number of phenolic OH excluding ortho intramolecular Hbond substituents is 1. The standard InChI is InChI=1S/C15H18N2O4/c18-11-4-5-12-13(8-11)21-10-15(20)17(12)9-14(19)16-6-2-1-3-7-16/h4-5,8,18H,1-3,6-7,9-10H2. The predicted molar refractivity (Wildman–Crippen MR) is 76.4 cm³/mol. The van der Waals surface area contributed by atoms with Crippen LogP contribution in [0.3, 0.4) is 0 Å². The highest BCUT2D eigenvalue weighted by Gasteiger charge is 2.29. The lowest BCUT2D eigenvalue weighted by Crippen LogP contribution is -2.47. The number of likely N-dealkylation sites (tertiary alicyclic amines) is 1. The van der Waals surface area contributed by atoms with E-state index in [-0.39, 0.29) is 30.7 Å². The first-order valence-corrected chi connectivity index (χ1v) is 7.19. The van der Waals surface area contributed by atoms with E-state index in [1.54, 1.807) is 6.07 Å². The van der Waals surface area contributed by atoms with Crippen molar-refractivity contribution in [3.63, 3.8) is 0 Å². The molecule has 0 aromatic heterocycles. The molecule has 0 spiro atoms. The number of amides is 2. The van der Waals surface area contributed by atoms with Gasteiger partial charge >= 0.3 is 0 Å². The summed E-state index contributed by atoms with van der Waals surface area (Å²) >= 11 is 0. The Morgan fingerprint density at radius 1 is 1.24 bits per heavy atom. The Morgan fingerprint density at radius 3 is 2.76 bits per heavy atom. The van der Waals surface area contributed by atoms with Gasteiger partial charge in [-0.05, 0) is 31.4 Å². The Balaban J connectivity index is 1.78. The average Bonchev–Trinajstić information content (AvgIpc) is 2.51. The van der Waals surface area contributed by atoms with Gasteiger partial charge in [-0.15, -0.1) is 0 Å². The molecule has 2 amide bonds. The highest BCUT2D eigenvalue weighted by Crippen LogP contribution is 2.34. The van der Waals surface area contributed by atoms with E-state index in [9.17, 15) is 14.7 Å². The molecule has 1 N–H and O–H groups in total. The average molecular weight is 290 g/mol. The zero-order valence-corrected chi connectivity index (χ0v) is 11.7. The van der Waals surface area contributed by atoms with Crippen LogP contribution in [0.25, 0.3) is 0 Å². The molecule has 0 bridgehead atoms. The molecule has 0 saturated carbocycles. The number of carbonyl (C=O) groups is 2. The molecule has 2 heterocycles. The summed E-state index contributed by atoms with van der Waals surface area (Å²) in [6.45, 7) is 1.45. The summed E-state index contributed by atoms with van der Waals surface area (Å²) in [6.07, 6.45) is 3.20. The number of phenols is 1. The number of rotatable bonds is 2. The normalized spacial score (nSPS) is 18.2. The van der Waals surface area contributed by atoms with Gasteiger partial charge in [-0.1, -0.05) is 0 Å². The van der Waals surface area contributed by atoms with Crippen LogP contribution in [0.4, 0.5) is 5.69 Å². The van der Waals surface area contributed by atoms with Gasteiger partial charge in [0, 0.05) is 19.2 Å². The smallest absolute Gasteiger partial charge is 0.265 e. The number of hydrogen-bond acceptors (Lipinski definition) is 4. The maximum absolute atomic E-state index is 12.3. The largest absolute Gasteiger partial charge is 0.508 e. The van der Waals surface area contributed by atoms with E-state index in [0.29, 0.717) is 11.4 Å². The number of benzene rings is 1. The molecule has 1 aromatic carbocycles. The third-order valence-electron chi connectivity index (χ3n) is 3.89. The minimum atomic E-state index is -0.237. The Bertz CT molecular complexity index is 567. The van der Waals surface area contributed by atoms with Crippen LogP contribution in [-0.4, -0.2) is 48.1 Å². The van der Waals surface area contributed by atoms with Gasteiger partial charge in [0.2, 0.25) is 5.91 Å². The van der Waals surface area contributed by atoms with E-state index < -0.39 is 0 Å². The Labute approximate surface area is 122 Å². The van der Waals surface area contributed by atoms with Crippen LogP contribution in [0.5, 0.6) is 11.5 Å². The van der Waals surface area contributed by atoms with Gasteiger partial charge in [0.15, 0.2) is 6.61 Å². The number of piperidine rings is 1. The first-order chi connectivity index (χ1) is 10.1. The minimum absolute atomic E-state index is 0.0277. The van der Waals surface area contributed by atoms with Crippen LogP contribution in [-0.2, 0) is 9.59 Å². The molecule has 2 aliphatic heterocycles. The second kappa shape index (κ2) is 5.63. The van der Waals surface area contributed by atoms with Crippen molar-refractivity contribution in [2.24, 2.45) is 0 Å². The lowest BCUT2D eigenvalue weighted by atomic mass is 10.1. The number of fused-ring (bicyclic) bond motifs is 1. The zero-order chi connectivity index (χ0) is 14.8. The molecule has 1 fully saturated rings. The molecular weight excluding hydrogens is 272 g/mol. The molecule has 0 atom stereocenters. The quantitative estimate of drug-likeness (QED) is 0.886. The fraction of sp³-hybridized carbons (Fsp3) is 0.467. The lowest BCUT2D eigenvalue weighted by Gasteiger charge is -2.32. The van der Waals surface area contributed by atoms with Crippen LogP contribution in [0, 0.1) is 0 Å². The highest BCUT2D eigenvalue weighted by molar-refractivity contribution is 6.02. The van der Waals surface area contributed by atoms with Gasteiger partial charge in [0.25, 0.3) is 5.91 Å². The second-order valence-corrected chi connectivity index (χ2v) is 5.36. The number of nitrogens with zero attached hydrogens (tertiary/aromatic N) is 2. The summed E-state index contributed by atoms with van der Waals surface area (Å²) in [6, 6.07) is 4.55. The molecular formula is C15H18N2O4. The Morgan fingerprint density at radius 2 is 2.00 bits per heavy atom. The van der Waals surface area contributed by atoms with Crippen molar-refractivity contribution in [1.29, 1.82) is 0 Å². The van der Waals surface area contributed by atoms with Crippen molar-refractivity contribution in [2.45, 2.75) is 19.3 Å². The molecule has 0 unspecified atom stereocenters. The molecule has 0 radical (unpaired) electrons. The third-order valence-corrected chi connectivity index (χ3v) is 3.89. The number of aromatic hydroxyl groups is 1. The van der Waals surface area contributed by atoms with E-state index in [1.807, 2.05) is 4.90 Å². The van der Waals surface area contributed by atoms with E-state index >= 15 is 0 Å². The Kier molecular flexibility index (Phi) is 3.68. The first kappa shape index (κ1) is 13.7. The molecule has 1 aromatic rings. The number of ether oxygens (including phenoxy) is 1. The van der Waals surface area contributed by atoms with Crippen LogP contribution in [0.1, 0.15) is 19.3 Å².